The number of methoxy groups -OCH3 is 1. The van der Waals surface area contributed by atoms with Crippen molar-refractivity contribution in [3.8, 4) is 5.75 Å². The van der Waals surface area contributed by atoms with E-state index in [9.17, 15) is 0 Å². The number of ether oxygens (including phenoxy) is 2. The summed E-state index contributed by atoms with van der Waals surface area (Å²) in [6.45, 7) is 5.35. The standard InChI is InChI=1S/C14H22ClNO2/c1-3-7-16-11-12-5-6-14(13(15)10-12)18-9-4-8-17-2/h5-6,10,16H,3-4,7-9,11H2,1-2H3. The van der Waals surface area contributed by atoms with Crippen molar-refractivity contribution < 1.29 is 9.47 Å². The van der Waals surface area contributed by atoms with E-state index in [0.29, 0.717) is 18.2 Å². The molecule has 0 amide bonds. The summed E-state index contributed by atoms with van der Waals surface area (Å²) < 4.78 is 10.5. The van der Waals surface area contributed by atoms with E-state index in [1.54, 1.807) is 7.11 Å². The van der Waals surface area contributed by atoms with Gasteiger partial charge in [-0.05, 0) is 30.7 Å². The Hall–Kier alpha value is -0.770. The predicted octanol–water partition coefficient (Wildman–Crippen LogP) is 3.25. The molecule has 18 heavy (non-hydrogen) atoms. The second kappa shape index (κ2) is 9.20. The molecule has 0 radical (unpaired) electrons. The summed E-state index contributed by atoms with van der Waals surface area (Å²) in [5.74, 6) is 0.743. The Morgan fingerprint density at radius 2 is 2.11 bits per heavy atom. The summed E-state index contributed by atoms with van der Waals surface area (Å²) >= 11 is 6.17. The van der Waals surface area contributed by atoms with Crippen LogP contribution in [0, 0.1) is 0 Å². The number of benzene rings is 1. The van der Waals surface area contributed by atoms with Gasteiger partial charge < -0.3 is 14.8 Å². The van der Waals surface area contributed by atoms with Crippen LogP contribution in [-0.2, 0) is 11.3 Å². The lowest BCUT2D eigenvalue weighted by Gasteiger charge is -2.10. The van der Waals surface area contributed by atoms with Crippen molar-refractivity contribution >= 4 is 11.6 Å². The molecule has 1 rings (SSSR count). The van der Waals surface area contributed by atoms with Gasteiger partial charge in [0, 0.05) is 26.7 Å². The SMILES string of the molecule is CCCNCc1ccc(OCCCOC)c(Cl)c1. The summed E-state index contributed by atoms with van der Waals surface area (Å²) in [4.78, 5) is 0. The van der Waals surface area contributed by atoms with Gasteiger partial charge in [0.15, 0.2) is 0 Å². The molecule has 0 bridgehead atoms. The normalized spacial score (nSPS) is 10.6. The van der Waals surface area contributed by atoms with Crippen LogP contribution < -0.4 is 10.1 Å². The molecule has 0 aliphatic heterocycles. The first-order valence-electron chi connectivity index (χ1n) is 6.38. The van der Waals surface area contributed by atoms with E-state index < -0.39 is 0 Å². The average Bonchev–Trinajstić information content (AvgIpc) is 2.37. The molecule has 0 heterocycles. The number of hydrogen-bond donors (Lipinski definition) is 1. The van der Waals surface area contributed by atoms with E-state index in [0.717, 1.165) is 31.7 Å². The zero-order chi connectivity index (χ0) is 13.2. The van der Waals surface area contributed by atoms with E-state index in [1.807, 2.05) is 18.2 Å². The Morgan fingerprint density at radius 3 is 2.78 bits per heavy atom. The first-order chi connectivity index (χ1) is 8.77. The van der Waals surface area contributed by atoms with Gasteiger partial charge in [-0.3, -0.25) is 0 Å². The van der Waals surface area contributed by atoms with Crippen LogP contribution in [0.25, 0.3) is 0 Å². The van der Waals surface area contributed by atoms with Crippen molar-refractivity contribution in [2.24, 2.45) is 0 Å². The van der Waals surface area contributed by atoms with Crippen LogP contribution in [0.5, 0.6) is 5.75 Å². The van der Waals surface area contributed by atoms with Crippen LogP contribution in [0.3, 0.4) is 0 Å². The first-order valence-corrected chi connectivity index (χ1v) is 6.76. The Morgan fingerprint density at radius 1 is 1.28 bits per heavy atom. The highest BCUT2D eigenvalue weighted by molar-refractivity contribution is 6.32. The minimum absolute atomic E-state index is 0.626. The third kappa shape index (κ3) is 5.71. The second-order valence-electron chi connectivity index (χ2n) is 4.14. The van der Waals surface area contributed by atoms with Gasteiger partial charge in [0.1, 0.15) is 5.75 Å². The summed E-state index contributed by atoms with van der Waals surface area (Å²) in [5.41, 5.74) is 1.18. The van der Waals surface area contributed by atoms with E-state index in [1.165, 1.54) is 5.56 Å². The number of rotatable bonds is 9. The lowest BCUT2D eigenvalue weighted by atomic mass is 10.2. The van der Waals surface area contributed by atoms with Crippen LogP contribution in [0.1, 0.15) is 25.3 Å². The highest BCUT2D eigenvalue weighted by Crippen LogP contribution is 2.25. The topological polar surface area (TPSA) is 30.5 Å². The van der Waals surface area contributed by atoms with Crippen molar-refractivity contribution in [3.05, 3.63) is 28.8 Å². The van der Waals surface area contributed by atoms with E-state index in [2.05, 4.69) is 12.2 Å². The second-order valence-corrected chi connectivity index (χ2v) is 4.54. The Labute approximate surface area is 114 Å². The van der Waals surface area contributed by atoms with Gasteiger partial charge in [0.25, 0.3) is 0 Å². The zero-order valence-electron chi connectivity index (χ0n) is 11.2. The maximum Gasteiger partial charge on any atom is 0.137 e. The predicted molar refractivity (Wildman–Crippen MR) is 75.4 cm³/mol. The Bertz CT molecular complexity index is 345. The fourth-order valence-electron chi connectivity index (χ4n) is 1.57. The molecular weight excluding hydrogens is 250 g/mol. The van der Waals surface area contributed by atoms with Crippen LogP contribution in [0.4, 0.5) is 0 Å². The van der Waals surface area contributed by atoms with Gasteiger partial charge in [-0.25, -0.2) is 0 Å². The summed E-state index contributed by atoms with van der Waals surface area (Å²) in [5, 5.41) is 4.01. The Kier molecular flexibility index (Phi) is 7.81. The zero-order valence-corrected chi connectivity index (χ0v) is 11.9. The van der Waals surface area contributed by atoms with Gasteiger partial charge in [0.2, 0.25) is 0 Å². The minimum Gasteiger partial charge on any atom is -0.492 e. The molecule has 0 aliphatic carbocycles. The van der Waals surface area contributed by atoms with Gasteiger partial charge in [-0.15, -0.1) is 0 Å². The maximum absolute atomic E-state index is 6.17. The van der Waals surface area contributed by atoms with Gasteiger partial charge in [-0.1, -0.05) is 24.6 Å². The lowest BCUT2D eigenvalue weighted by molar-refractivity contribution is 0.172. The molecule has 102 valence electrons. The fourth-order valence-corrected chi connectivity index (χ4v) is 1.82. The van der Waals surface area contributed by atoms with Crippen LogP contribution in [-0.4, -0.2) is 26.9 Å². The third-order valence-corrected chi connectivity index (χ3v) is 2.80. The highest BCUT2D eigenvalue weighted by Gasteiger charge is 2.03. The van der Waals surface area contributed by atoms with Crippen LogP contribution in [0.15, 0.2) is 18.2 Å². The molecule has 0 fully saturated rings. The quantitative estimate of drug-likeness (QED) is 0.700. The molecule has 0 aromatic heterocycles. The van der Waals surface area contributed by atoms with Crippen molar-refractivity contribution in [1.82, 2.24) is 5.32 Å². The molecule has 0 spiro atoms. The fraction of sp³-hybridized carbons (Fsp3) is 0.571. The average molecular weight is 272 g/mol. The molecule has 0 saturated carbocycles. The Balaban J connectivity index is 2.41. The van der Waals surface area contributed by atoms with Gasteiger partial charge in [-0.2, -0.15) is 0 Å². The molecule has 1 aromatic carbocycles. The van der Waals surface area contributed by atoms with E-state index in [-0.39, 0.29) is 0 Å². The number of hydrogen-bond acceptors (Lipinski definition) is 3. The van der Waals surface area contributed by atoms with Gasteiger partial charge >= 0.3 is 0 Å². The molecule has 0 unspecified atom stereocenters. The van der Waals surface area contributed by atoms with Gasteiger partial charge in [0.05, 0.1) is 11.6 Å². The maximum atomic E-state index is 6.17. The van der Waals surface area contributed by atoms with Crippen molar-refractivity contribution in [2.45, 2.75) is 26.3 Å². The molecular formula is C14H22ClNO2. The number of halogens is 1. The van der Waals surface area contributed by atoms with E-state index in [4.69, 9.17) is 21.1 Å². The molecule has 1 aromatic rings. The molecule has 1 N–H and O–H groups in total. The molecule has 0 aliphatic rings. The van der Waals surface area contributed by atoms with Crippen molar-refractivity contribution in [3.63, 3.8) is 0 Å². The van der Waals surface area contributed by atoms with Crippen molar-refractivity contribution in [2.75, 3.05) is 26.9 Å². The smallest absolute Gasteiger partial charge is 0.137 e. The van der Waals surface area contributed by atoms with Crippen LogP contribution in [0.2, 0.25) is 5.02 Å². The van der Waals surface area contributed by atoms with E-state index >= 15 is 0 Å². The molecule has 4 heteroatoms. The first kappa shape index (κ1) is 15.3. The van der Waals surface area contributed by atoms with Crippen molar-refractivity contribution in [1.29, 1.82) is 0 Å². The molecule has 3 nitrogen and oxygen atoms in total. The highest BCUT2D eigenvalue weighted by atomic mass is 35.5. The number of nitrogens with one attached hydrogen (secondary N) is 1. The minimum atomic E-state index is 0.626. The monoisotopic (exact) mass is 271 g/mol. The summed E-state index contributed by atoms with van der Waals surface area (Å²) in [6, 6.07) is 5.92. The summed E-state index contributed by atoms with van der Waals surface area (Å²) in [7, 11) is 1.69. The largest absolute Gasteiger partial charge is 0.492 e. The lowest BCUT2D eigenvalue weighted by Crippen LogP contribution is -2.13. The van der Waals surface area contributed by atoms with Crippen LogP contribution >= 0.6 is 11.6 Å². The molecule has 0 atom stereocenters. The summed E-state index contributed by atoms with van der Waals surface area (Å²) in [6.07, 6.45) is 2.00. The molecule has 0 saturated heterocycles. The third-order valence-electron chi connectivity index (χ3n) is 2.50.